The van der Waals surface area contributed by atoms with Crippen LogP contribution in [-0.4, -0.2) is 20.3 Å². The van der Waals surface area contributed by atoms with Crippen LogP contribution in [0.5, 0.6) is 17.2 Å². The van der Waals surface area contributed by atoms with Crippen molar-refractivity contribution in [2.45, 2.75) is 13.5 Å². The molecule has 0 aromatic heterocycles. The van der Waals surface area contributed by atoms with Crippen LogP contribution in [0.2, 0.25) is 0 Å². The van der Waals surface area contributed by atoms with E-state index in [9.17, 15) is 0 Å². The Morgan fingerprint density at radius 3 is 2.29 bits per heavy atom. The lowest BCUT2D eigenvalue weighted by atomic mass is 10.2. The fourth-order valence-electron chi connectivity index (χ4n) is 1.93. The number of hydrogen-bond acceptors (Lipinski definition) is 4. The predicted octanol–water partition coefficient (Wildman–Crippen LogP) is 2.92. The topological polar surface area (TPSA) is 53.7 Å². The summed E-state index contributed by atoms with van der Waals surface area (Å²) in [6, 6.07) is 13.6. The van der Waals surface area contributed by atoms with Gasteiger partial charge in [-0.3, -0.25) is 0 Å². The molecule has 0 heterocycles. The van der Waals surface area contributed by atoms with Gasteiger partial charge in [-0.05, 0) is 42.3 Å². The maximum absolute atomic E-state index is 5.68. The SMILES string of the molecule is COc1cc(C)ccc1OCCOc1ccc(CN)cc1. The van der Waals surface area contributed by atoms with Crippen LogP contribution in [0.3, 0.4) is 0 Å². The standard InChI is InChI=1S/C17H21NO3/c1-13-3-8-16(17(11-13)19-2)21-10-9-20-15-6-4-14(12-18)5-7-15/h3-8,11H,9-10,12,18H2,1-2H3. The molecule has 2 N–H and O–H groups in total. The van der Waals surface area contributed by atoms with E-state index in [1.54, 1.807) is 7.11 Å². The minimum absolute atomic E-state index is 0.456. The Balaban J connectivity index is 1.81. The van der Waals surface area contributed by atoms with Crippen LogP contribution in [0.4, 0.5) is 0 Å². The first kappa shape index (κ1) is 15.2. The van der Waals surface area contributed by atoms with Gasteiger partial charge in [0.1, 0.15) is 19.0 Å². The Hall–Kier alpha value is -2.20. The molecule has 0 spiro atoms. The molecule has 0 fully saturated rings. The van der Waals surface area contributed by atoms with Gasteiger partial charge in [-0.1, -0.05) is 18.2 Å². The van der Waals surface area contributed by atoms with Crippen molar-refractivity contribution in [3.05, 3.63) is 53.6 Å². The first-order chi connectivity index (χ1) is 10.2. The molecule has 0 saturated heterocycles. The van der Waals surface area contributed by atoms with Crippen LogP contribution in [-0.2, 0) is 6.54 Å². The van der Waals surface area contributed by atoms with Crippen LogP contribution in [0.25, 0.3) is 0 Å². The first-order valence-corrected chi connectivity index (χ1v) is 6.92. The number of aryl methyl sites for hydroxylation is 1. The third-order valence-corrected chi connectivity index (χ3v) is 3.09. The van der Waals surface area contributed by atoms with Crippen molar-refractivity contribution < 1.29 is 14.2 Å². The van der Waals surface area contributed by atoms with Gasteiger partial charge in [-0.25, -0.2) is 0 Å². The van der Waals surface area contributed by atoms with Gasteiger partial charge in [0.2, 0.25) is 0 Å². The summed E-state index contributed by atoms with van der Waals surface area (Å²) < 4.78 is 16.6. The highest BCUT2D eigenvalue weighted by atomic mass is 16.5. The number of methoxy groups -OCH3 is 1. The van der Waals surface area contributed by atoms with E-state index in [2.05, 4.69) is 0 Å². The molecule has 4 heteroatoms. The number of nitrogens with two attached hydrogens (primary N) is 1. The van der Waals surface area contributed by atoms with Gasteiger partial charge in [0.25, 0.3) is 0 Å². The molecule has 0 atom stereocenters. The normalized spacial score (nSPS) is 10.2. The van der Waals surface area contributed by atoms with Gasteiger partial charge in [-0.2, -0.15) is 0 Å². The van der Waals surface area contributed by atoms with Crippen molar-refractivity contribution in [1.29, 1.82) is 0 Å². The lowest BCUT2D eigenvalue weighted by Crippen LogP contribution is -2.09. The monoisotopic (exact) mass is 287 g/mol. The lowest BCUT2D eigenvalue weighted by molar-refractivity contribution is 0.211. The van der Waals surface area contributed by atoms with Gasteiger partial charge >= 0.3 is 0 Å². The van der Waals surface area contributed by atoms with Crippen molar-refractivity contribution in [2.24, 2.45) is 5.73 Å². The summed E-state index contributed by atoms with van der Waals surface area (Å²) >= 11 is 0. The highest BCUT2D eigenvalue weighted by molar-refractivity contribution is 5.42. The molecule has 21 heavy (non-hydrogen) atoms. The summed E-state index contributed by atoms with van der Waals surface area (Å²) in [6.45, 7) is 3.48. The average Bonchev–Trinajstić information content (AvgIpc) is 2.53. The fraction of sp³-hybridized carbons (Fsp3) is 0.294. The van der Waals surface area contributed by atoms with Crippen LogP contribution < -0.4 is 19.9 Å². The zero-order valence-corrected chi connectivity index (χ0v) is 12.5. The van der Waals surface area contributed by atoms with Gasteiger partial charge in [-0.15, -0.1) is 0 Å². The Kier molecular flexibility index (Phi) is 5.46. The number of ether oxygens (including phenoxy) is 3. The summed E-state index contributed by atoms with van der Waals surface area (Å²) in [5, 5.41) is 0. The lowest BCUT2D eigenvalue weighted by Gasteiger charge is -2.12. The van der Waals surface area contributed by atoms with Crippen LogP contribution in [0, 0.1) is 6.92 Å². The average molecular weight is 287 g/mol. The van der Waals surface area contributed by atoms with Gasteiger partial charge in [0.05, 0.1) is 7.11 Å². The molecule has 2 aromatic rings. The molecule has 112 valence electrons. The zero-order valence-electron chi connectivity index (χ0n) is 12.5. The van der Waals surface area contributed by atoms with E-state index < -0.39 is 0 Å². The minimum Gasteiger partial charge on any atom is -0.493 e. The second-order valence-electron chi connectivity index (χ2n) is 4.70. The summed E-state index contributed by atoms with van der Waals surface area (Å²) in [6.07, 6.45) is 0. The molecule has 0 aliphatic rings. The van der Waals surface area contributed by atoms with Gasteiger partial charge < -0.3 is 19.9 Å². The van der Waals surface area contributed by atoms with Crippen molar-refractivity contribution in [2.75, 3.05) is 20.3 Å². The Morgan fingerprint density at radius 1 is 0.905 bits per heavy atom. The molecule has 0 aliphatic heterocycles. The van der Waals surface area contributed by atoms with E-state index in [0.29, 0.717) is 19.8 Å². The van der Waals surface area contributed by atoms with Crippen molar-refractivity contribution in [3.63, 3.8) is 0 Å². The molecule has 0 amide bonds. The fourth-order valence-corrected chi connectivity index (χ4v) is 1.93. The van der Waals surface area contributed by atoms with Crippen molar-refractivity contribution >= 4 is 0 Å². The summed E-state index contributed by atoms with van der Waals surface area (Å²) in [5.74, 6) is 2.28. The maximum atomic E-state index is 5.68. The van der Waals surface area contributed by atoms with Crippen molar-refractivity contribution in [3.8, 4) is 17.2 Å². The summed E-state index contributed by atoms with van der Waals surface area (Å²) in [4.78, 5) is 0. The van der Waals surface area contributed by atoms with Crippen molar-refractivity contribution in [1.82, 2.24) is 0 Å². The Labute approximate surface area is 125 Å². The summed E-state index contributed by atoms with van der Waals surface area (Å²) in [7, 11) is 1.64. The molecule has 2 rings (SSSR count). The zero-order chi connectivity index (χ0) is 15.1. The Bertz CT molecular complexity index is 567. The first-order valence-electron chi connectivity index (χ1n) is 6.92. The summed E-state index contributed by atoms with van der Waals surface area (Å²) in [5.41, 5.74) is 7.77. The van der Waals surface area contributed by atoms with E-state index in [4.69, 9.17) is 19.9 Å². The number of benzene rings is 2. The van der Waals surface area contributed by atoms with Crippen LogP contribution in [0.15, 0.2) is 42.5 Å². The molecule has 0 radical (unpaired) electrons. The largest absolute Gasteiger partial charge is 0.493 e. The van der Waals surface area contributed by atoms with E-state index in [1.165, 1.54) is 0 Å². The third-order valence-electron chi connectivity index (χ3n) is 3.09. The third kappa shape index (κ3) is 4.39. The molecule has 0 bridgehead atoms. The smallest absolute Gasteiger partial charge is 0.161 e. The second-order valence-corrected chi connectivity index (χ2v) is 4.70. The van der Waals surface area contributed by atoms with E-state index in [-0.39, 0.29) is 0 Å². The van der Waals surface area contributed by atoms with E-state index >= 15 is 0 Å². The molecule has 0 saturated carbocycles. The predicted molar refractivity (Wildman–Crippen MR) is 83.1 cm³/mol. The van der Waals surface area contributed by atoms with Gasteiger partial charge in [0, 0.05) is 6.54 Å². The highest BCUT2D eigenvalue weighted by Crippen LogP contribution is 2.27. The molecule has 0 unspecified atom stereocenters. The molecule has 2 aromatic carbocycles. The quantitative estimate of drug-likeness (QED) is 0.796. The number of rotatable bonds is 7. The maximum Gasteiger partial charge on any atom is 0.161 e. The molecular formula is C17H21NO3. The minimum atomic E-state index is 0.456. The van der Waals surface area contributed by atoms with Crippen LogP contribution >= 0.6 is 0 Å². The number of hydrogen-bond donors (Lipinski definition) is 1. The molecule has 0 aliphatic carbocycles. The van der Waals surface area contributed by atoms with E-state index in [0.717, 1.165) is 28.4 Å². The Morgan fingerprint density at radius 2 is 1.62 bits per heavy atom. The van der Waals surface area contributed by atoms with Gasteiger partial charge in [0.15, 0.2) is 11.5 Å². The highest BCUT2D eigenvalue weighted by Gasteiger charge is 2.04. The molecule has 4 nitrogen and oxygen atoms in total. The van der Waals surface area contributed by atoms with E-state index in [1.807, 2.05) is 49.4 Å². The second kappa shape index (κ2) is 7.55. The van der Waals surface area contributed by atoms with Crippen LogP contribution in [0.1, 0.15) is 11.1 Å². The molecular weight excluding hydrogens is 266 g/mol.